The number of aromatic nitrogens is 2. The van der Waals surface area contributed by atoms with E-state index >= 15 is 0 Å². The Balaban J connectivity index is 0.000000151. The molecule has 4 rings (SSSR count). The van der Waals surface area contributed by atoms with Gasteiger partial charge in [-0.25, -0.2) is 0 Å². The third kappa shape index (κ3) is 4.16. The fraction of sp³-hybridized carbons (Fsp3) is 0.455. The molecule has 132 valence electrons. The minimum Gasteiger partial charge on any atom is -0.393 e. The van der Waals surface area contributed by atoms with Crippen molar-refractivity contribution in [3.8, 4) is 0 Å². The molecule has 1 N–H and O–H groups in total. The highest BCUT2D eigenvalue weighted by molar-refractivity contribution is 6.03. The van der Waals surface area contributed by atoms with E-state index in [0.717, 1.165) is 34.1 Å². The Kier molecular flexibility index (Phi) is 5.64. The standard InChI is InChI=1S/C12H8N2.C10H20O/c1-3-9-5-6-11-10(4-2-7-13-11)12(9)14-8-1;1-7(2)9-5-4-8(3)6-10(9)11/h1-8H;7-11H,4-6H2,1-3H3. The Labute approximate surface area is 150 Å². The van der Waals surface area contributed by atoms with Crippen molar-refractivity contribution in [1.29, 1.82) is 0 Å². The molecule has 0 amide bonds. The number of hydrogen-bond donors (Lipinski definition) is 1. The van der Waals surface area contributed by atoms with Gasteiger partial charge in [-0.15, -0.1) is 0 Å². The molecule has 1 saturated carbocycles. The number of benzene rings is 1. The third-order valence-electron chi connectivity index (χ3n) is 5.34. The maximum atomic E-state index is 9.71. The van der Waals surface area contributed by atoms with E-state index < -0.39 is 0 Å². The van der Waals surface area contributed by atoms with Gasteiger partial charge in [0.15, 0.2) is 0 Å². The Morgan fingerprint density at radius 1 is 1.00 bits per heavy atom. The summed E-state index contributed by atoms with van der Waals surface area (Å²) in [7, 11) is 0. The van der Waals surface area contributed by atoms with Crippen LogP contribution in [0.4, 0.5) is 0 Å². The third-order valence-corrected chi connectivity index (χ3v) is 5.34. The molecule has 1 fully saturated rings. The zero-order valence-corrected chi connectivity index (χ0v) is 15.4. The average molecular weight is 336 g/mol. The van der Waals surface area contributed by atoms with E-state index in [0.29, 0.717) is 11.8 Å². The Bertz CT molecular complexity index is 775. The van der Waals surface area contributed by atoms with Crippen LogP contribution in [-0.2, 0) is 0 Å². The van der Waals surface area contributed by atoms with Crippen molar-refractivity contribution in [3.05, 3.63) is 48.8 Å². The van der Waals surface area contributed by atoms with Crippen LogP contribution in [0.5, 0.6) is 0 Å². The van der Waals surface area contributed by atoms with E-state index in [1.807, 2.05) is 24.4 Å². The highest BCUT2D eigenvalue weighted by Crippen LogP contribution is 2.33. The molecule has 25 heavy (non-hydrogen) atoms. The normalized spacial score (nSPS) is 23.5. The summed E-state index contributed by atoms with van der Waals surface area (Å²) in [5.74, 6) is 1.95. The van der Waals surface area contributed by atoms with E-state index in [1.54, 1.807) is 6.20 Å². The van der Waals surface area contributed by atoms with Crippen molar-refractivity contribution < 1.29 is 5.11 Å². The Hall–Kier alpha value is -2.00. The van der Waals surface area contributed by atoms with Crippen LogP contribution < -0.4 is 0 Å². The molecule has 2 heterocycles. The van der Waals surface area contributed by atoms with Crippen LogP contribution in [0.3, 0.4) is 0 Å². The summed E-state index contributed by atoms with van der Waals surface area (Å²) in [4.78, 5) is 8.66. The maximum absolute atomic E-state index is 9.71. The summed E-state index contributed by atoms with van der Waals surface area (Å²) in [6, 6.07) is 12.1. The van der Waals surface area contributed by atoms with Crippen molar-refractivity contribution in [3.63, 3.8) is 0 Å². The number of rotatable bonds is 1. The molecule has 2 aromatic heterocycles. The van der Waals surface area contributed by atoms with Gasteiger partial charge in [0.25, 0.3) is 0 Å². The first-order valence-corrected chi connectivity index (χ1v) is 9.32. The van der Waals surface area contributed by atoms with E-state index in [4.69, 9.17) is 0 Å². The number of nitrogens with zero attached hydrogens (tertiary/aromatic N) is 2. The van der Waals surface area contributed by atoms with Crippen molar-refractivity contribution >= 4 is 21.8 Å². The summed E-state index contributed by atoms with van der Waals surface area (Å²) in [6.45, 7) is 6.66. The molecule has 3 atom stereocenters. The van der Waals surface area contributed by atoms with E-state index in [-0.39, 0.29) is 6.10 Å². The van der Waals surface area contributed by atoms with Crippen LogP contribution in [0.15, 0.2) is 48.8 Å². The average Bonchev–Trinajstić information content (AvgIpc) is 2.62. The molecule has 0 spiro atoms. The largest absolute Gasteiger partial charge is 0.393 e. The van der Waals surface area contributed by atoms with Gasteiger partial charge < -0.3 is 5.11 Å². The van der Waals surface area contributed by atoms with Crippen molar-refractivity contribution in [1.82, 2.24) is 9.97 Å². The molecule has 0 saturated heterocycles. The predicted octanol–water partition coefficient (Wildman–Crippen LogP) is 5.22. The zero-order valence-electron chi connectivity index (χ0n) is 15.4. The summed E-state index contributed by atoms with van der Waals surface area (Å²) < 4.78 is 0. The second-order valence-electron chi connectivity index (χ2n) is 7.60. The lowest BCUT2D eigenvalue weighted by Crippen LogP contribution is -2.31. The summed E-state index contributed by atoms with van der Waals surface area (Å²) >= 11 is 0. The van der Waals surface area contributed by atoms with Gasteiger partial charge in [0.1, 0.15) is 0 Å². The number of hydrogen-bond acceptors (Lipinski definition) is 3. The minimum absolute atomic E-state index is 0.0289. The van der Waals surface area contributed by atoms with Gasteiger partial charge in [0.05, 0.1) is 17.1 Å². The predicted molar refractivity (Wildman–Crippen MR) is 104 cm³/mol. The highest BCUT2D eigenvalue weighted by atomic mass is 16.3. The molecule has 0 radical (unpaired) electrons. The van der Waals surface area contributed by atoms with Crippen LogP contribution in [0.25, 0.3) is 21.8 Å². The van der Waals surface area contributed by atoms with Gasteiger partial charge in [-0.05, 0) is 54.9 Å². The Morgan fingerprint density at radius 3 is 2.52 bits per heavy atom. The first kappa shape index (κ1) is 17.8. The SMILES string of the molecule is CC1CCC(C(C)C)C(O)C1.c1cnc2c(c1)ccc1ncccc12. The number of pyridine rings is 2. The van der Waals surface area contributed by atoms with Gasteiger partial charge in [-0.2, -0.15) is 0 Å². The highest BCUT2D eigenvalue weighted by Gasteiger charge is 2.28. The van der Waals surface area contributed by atoms with E-state index in [1.165, 1.54) is 12.8 Å². The lowest BCUT2D eigenvalue weighted by molar-refractivity contribution is 0.0266. The summed E-state index contributed by atoms with van der Waals surface area (Å²) in [5.41, 5.74) is 2.02. The molecule has 3 aromatic rings. The molecular weight excluding hydrogens is 308 g/mol. The topological polar surface area (TPSA) is 46.0 Å². The Morgan fingerprint density at radius 2 is 1.76 bits per heavy atom. The molecule has 3 nitrogen and oxygen atoms in total. The van der Waals surface area contributed by atoms with Crippen LogP contribution >= 0.6 is 0 Å². The zero-order chi connectivity index (χ0) is 17.8. The molecule has 0 aliphatic heterocycles. The van der Waals surface area contributed by atoms with E-state index in [2.05, 4.69) is 48.9 Å². The van der Waals surface area contributed by atoms with Gasteiger partial charge in [0, 0.05) is 23.2 Å². The maximum Gasteiger partial charge on any atom is 0.0795 e. The van der Waals surface area contributed by atoms with Gasteiger partial charge in [-0.3, -0.25) is 9.97 Å². The first-order chi connectivity index (χ1) is 12.1. The quantitative estimate of drug-likeness (QED) is 0.620. The molecule has 1 aliphatic carbocycles. The monoisotopic (exact) mass is 336 g/mol. The molecule has 1 aliphatic rings. The fourth-order valence-electron chi connectivity index (χ4n) is 3.85. The van der Waals surface area contributed by atoms with Crippen molar-refractivity contribution in [2.75, 3.05) is 0 Å². The van der Waals surface area contributed by atoms with Crippen LogP contribution in [0.1, 0.15) is 40.0 Å². The summed E-state index contributed by atoms with van der Waals surface area (Å²) in [5, 5.41) is 12.0. The fourth-order valence-corrected chi connectivity index (χ4v) is 3.85. The van der Waals surface area contributed by atoms with Gasteiger partial charge in [0.2, 0.25) is 0 Å². The van der Waals surface area contributed by atoms with Crippen molar-refractivity contribution in [2.45, 2.75) is 46.1 Å². The molecular formula is C22H28N2O. The van der Waals surface area contributed by atoms with E-state index in [9.17, 15) is 5.11 Å². The van der Waals surface area contributed by atoms with Gasteiger partial charge >= 0.3 is 0 Å². The second kappa shape index (κ2) is 7.92. The lowest BCUT2D eigenvalue weighted by Gasteiger charge is -2.33. The number of fused-ring (bicyclic) bond motifs is 3. The molecule has 3 heteroatoms. The van der Waals surface area contributed by atoms with Crippen LogP contribution in [0, 0.1) is 17.8 Å². The van der Waals surface area contributed by atoms with Crippen LogP contribution in [-0.4, -0.2) is 21.2 Å². The van der Waals surface area contributed by atoms with Crippen molar-refractivity contribution in [2.24, 2.45) is 17.8 Å². The smallest absolute Gasteiger partial charge is 0.0795 e. The summed E-state index contributed by atoms with van der Waals surface area (Å²) in [6.07, 6.45) is 7.13. The number of aliphatic hydroxyl groups excluding tert-OH is 1. The lowest BCUT2D eigenvalue weighted by atomic mass is 9.75. The van der Waals surface area contributed by atoms with Gasteiger partial charge in [-0.1, -0.05) is 39.3 Å². The second-order valence-corrected chi connectivity index (χ2v) is 7.60. The minimum atomic E-state index is -0.0289. The number of aliphatic hydroxyl groups is 1. The molecule has 0 bridgehead atoms. The van der Waals surface area contributed by atoms with Crippen LogP contribution in [0.2, 0.25) is 0 Å². The molecule has 1 aromatic carbocycles. The molecule has 3 unspecified atom stereocenters. The first-order valence-electron chi connectivity index (χ1n) is 9.32.